The lowest BCUT2D eigenvalue weighted by atomic mass is 10.2. The minimum atomic E-state index is -0.424. The fourth-order valence-electron chi connectivity index (χ4n) is 1.96. The van der Waals surface area contributed by atoms with Crippen LogP contribution >= 0.6 is 47.0 Å². The van der Waals surface area contributed by atoms with E-state index >= 15 is 0 Å². The molecule has 26 heavy (non-hydrogen) atoms. The van der Waals surface area contributed by atoms with Crippen molar-refractivity contribution in [3.63, 3.8) is 0 Å². The second-order valence-corrected chi connectivity index (χ2v) is 6.62. The predicted molar refractivity (Wildman–Crippen MR) is 109 cm³/mol. The number of benzene rings is 2. The van der Waals surface area contributed by atoms with Gasteiger partial charge in [-0.1, -0.05) is 46.9 Å². The number of methoxy groups -OCH3 is 1. The van der Waals surface area contributed by atoms with Crippen molar-refractivity contribution >= 4 is 63.7 Å². The largest absolute Gasteiger partial charge is 0.490 e. The molecule has 0 radical (unpaired) electrons. The van der Waals surface area contributed by atoms with Gasteiger partial charge in [-0.05, 0) is 36.5 Å². The highest BCUT2D eigenvalue weighted by Gasteiger charge is 2.14. The van der Waals surface area contributed by atoms with E-state index in [1.807, 2.05) is 0 Å². The van der Waals surface area contributed by atoms with Crippen molar-refractivity contribution in [3.05, 3.63) is 57.0 Å². The molecule has 0 fully saturated rings. The number of hydrogen-bond donors (Lipinski definition) is 2. The highest BCUT2D eigenvalue weighted by molar-refractivity contribution is 7.80. The van der Waals surface area contributed by atoms with Crippen LogP contribution in [0.2, 0.25) is 15.1 Å². The lowest BCUT2D eigenvalue weighted by Gasteiger charge is -2.14. The van der Waals surface area contributed by atoms with Crippen molar-refractivity contribution in [3.8, 4) is 5.75 Å². The van der Waals surface area contributed by atoms with Gasteiger partial charge in [-0.15, -0.1) is 0 Å². The van der Waals surface area contributed by atoms with Gasteiger partial charge < -0.3 is 14.8 Å². The molecule has 0 heterocycles. The molecule has 0 saturated carbocycles. The van der Waals surface area contributed by atoms with Crippen molar-refractivity contribution < 1.29 is 14.3 Å². The van der Waals surface area contributed by atoms with Crippen LogP contribution in [-0.4, -0.2) is 31.3 Å². The van der Waals surface area contributed by atoms with Crippen LogP contribution in [0.1, 0.15) is 10.4 Å². The number of nitrogens with one attached hydrogen (secondary N) is 2. The number of thiocarbonyl (C=S) groups is 1. The smallest absolute Gasteiger partial charge is 0.261 e. The number of amides is 1. The first-order valence-corrected chi connectivity index (χ1v) is 8.94. The number of hydrogen-bond acceptors (Lipinski definition) is 4. The van der Waals surface area contributed by atoms with Crippen LogP contribution in [0.5, 0.6) is 5.75 Å². The van der Waals surface area contributed by atoms with E-state index in [1.165, 1.54) is 12.1 Å². The van der Waals surface area contributed by atoms with Crippen molar-refractivity contribution in [2.75, 3.05) is 25.6 Å². The normalized spacial score (nSPS) is 10.3. The molecule has 0 aliphatic heterocycles. The number of halogens is 3. The minimum Gasteiger partial charge on any atom is -0.490 e. The Bertz CT molecular complexity index is 818. The highest BCUT2D eigenvalue weighted by Crippen LogP contribution is 2.32. The van der Waals surface area contributed by atoms with Crippen LogP contribution in [0, 0.1) is 0 Å². The maximum atomic E-state index is 12.5. The zero-order valence-electron chi connectivity index (χ0n) is 13.6. The molecule has 2 N–H and O–H groups in total. The van der Waals surface area contributed by atoms with Gasteiger partial charge in [0, 0.05) is 7.11 Å². The van der Waals surface area contributed by atoms with Crippen LogP contribution in [0.15, 0.2) is 36.4 Å². The Labute approximate surface area is 171 Å². The molecule has 0 aromatic heterocycles. The first kappa shape index (κ1) is 20.7. The third-order valence-electron chi connectivity index (χ3n) is 3.16. The summed E-state index contributed by atoms with van der Waals surface area (Å²) in [6.45, 7) is 0.730. The number of ether oxygens (including phenoxy) is 2. The van der Waals surface area contributed by atoms with Gasteiger partial charge in [0.1, 0.15) is 12.4 Å². The summed E-state index contributed by atoms with van der Waals surface area (Å²) in [4.78, 5) is 12.5. The Kier molecular flexibility index (Phi) is 7.93. The summed E-state index contributed by atoms with van der Waals surface area (Å²) in [5.74, 6) is 0.00381. The van der Waals surface area contributed by atoms with E-state index in [2.05, 4.69) is 10.6 Å². The third-order valence-corrected chi connectivity index (χ3v) is 4.40. The second-order valence-electron chi connectivity index (χ2n) is 4.99. The van der Waals surface area contributed by atoms with Gasteiger partial charge >= 0.3 is 0 Å². The number of para-hydroxylation sites is 1. The van der Waals surface area contributed by atoms with Gasteiger partial charge in [-0.25, -0.2) is 0 Å². The molecule has 2 aromatic rings. The molecule has 0 aliphatic rings. The fourth-order valence-corrected chi connectivity index (χ4v) is 2.75. The minimum absolute atomic E-state index is 0.0574. The second kappa shape index (κ2) is 9.94. The first-order chi connectivity index (χ1) is 12.4. The Morgan fingerprint density at radius 1 is 1.08 bits per heavy atom. The molecular weight excluding hydrogens is 419 g/mol. The monoisotopic (exact) mass is 432 g/mol. The zero-order valence-corrected chi connectivity index (χ0v) is 16.7. The number of carbonyl (C=O) groups is 1. The van der Waals surface area contributed by atoms with Crippen molar-refractivity contribution in [1.29, 1.82) is 0 Å². The van der Waals surface area contributed by atoms with Crippen LogP contribution < -0.4 is 15.4 Å². The highest BCUT2D eigenvalue weighted by atomic mass is 35.5. The van der Waals surface area contributed by atoms with Crippen molar-refractivity contribution in [2.24, 2.45) is 0 Å². The predicted octanol–water partition coefficient (Wildman–Crippen LogP) is 4.80. The number of carbonyl (C=O) groups excluding carboxylic acids is 1. The summed E-state index contributed by atoms with van der Waals surface area (Å²) in [6.07, 6.45) is 0. The lowest BCUT2D eigenvalue weighted by Crippen LogP contribution is -2.34. The average Bonchev–Trinajstić information content (AvgIpc) is 2.60. The maximum absolute atomic E-state index is 12.5. The molecule has 0 aliphatic carbocycles. The Morgan fingerprint density at radius 3 is 2.50 bits per heavy atom. The van der Waals surface area contributed by atoms with Crippen LogP contribution in [0.3, 0.4) is 0 Å². The van der Waals surface area contributed by atoms with E-state index in [0.29, 0.717) is 45.3 Å². The number of anilines is 1. The molecule has 138 valence electrons. The van der Waals surface area contributed by atoms with E-state index in [9.17, 15) is 4.79 Å². The molecule has 0 unspecified atom stereocenters. The summed E-state index contributed by atoms with van der Waals surface area (Å²) in [5, 5.41) is 6.39. The average molecular weight is 434 g/mol. The summed E-state index contributed by atoms with van der Waals surface area (Å²) in [7, 11) is 1.57. The molecule has 5 nitrogen and oxygen atoms in total. The van der Waals surface area contributed by atoms with Gasteiger partial charge in [0.15, 0.2) is 5.11 Å². The van der Waals surface area contributed by atoms with Gasteiger partial charge in [0.2, 0.25) is 0 Å². The SMILES string of the molecule is COCCOc1ccccc1C(=O)NC(=S)Nc1cc(Cl)c(Cl)cc1Cl. The third kappa shape index (κ3) is 5.72. The summed E-state index contributed by atoms with van der Waals surface area (Å²) in [5.41, 5.74) is 0.768. The van der Waals surface area contributed by atoms with Gasteiger partial charge in [0.25, 0.3) is 5.91 Å². The van der Waals surface area contributed by atoms with E-state index in [1.54, 1.807) is 31.4 Å². The Morgan fingerprint density at radius 2 is 1.77 bits per heavy atom. The van der Waals surface area contributed by atoms with Crippen molar-refractivity contribution in [2.45, 2.75) is 0 Å². The van der Waals surface area contributed by atoms with Crippen LogP contribution in [-0.2, 0) is 4.74 Å². The molecule has 1 amide bonds. The maximum Gasteiger partial charge on any atom is 0.261 e. The van der Waals surface area contributed by atoms with E-state index < -0.39 is 5.91 Å². The van der Waals surface area contributed by atoms with E-state index in [4.69, 9.17) is 56.5 Å². The topological polar surface area (TPSA) is 59.6 Å². The molecule has 0 spiro atoms. The Hall–Kier alpha value is -1.57. The summed E-state index contributed by atoms with van der Waals surface area (Å²) < 4.78 is 10.5. The van der Waals surface area contributed by atoms with E-state index in [-0.39, 0.29) is 5.11 Å². The van der Waals surface area contributed by atoms with Gasteiger partial charge in [-0.3, -0.25) is 10.1 Å². The zero-order chi connectivity index (χ0) is 19.1. The molecule has 9 heteroatoms. The lowest BCUT2D eigenvalue weighted by molar-refractivity contribution is 0.0970. The molecule has 0 atom stereocenters. The molecular formula is C17H15Cl3N2O3S. The standard InChI is InChI=1S/C17H15Cl3N2O3S/c1-24-6-7-25-15-5-3-2-4-10(15)16(23)22-17(26)21-14-9-12(19)11(18)8-13(14)20/h2-5,8-9H,6-7H2,1H3,(H2,21,22,23,26). The Balaban J connectivity index is 2.06. The first-order valence-electron chi connectivity index (χ1n) is 7.40. The van der Waals surface area contributed by atoms with Crippen LogP contribution in [0.25, 0.3) is 0 Å². The molecule has 2 aromatic carbocycles. The van der Waals surface area contributed by atoms with E-state index in [0.717, 1.165) is 0 Å². The molecule has 0 saturated heterocycles. The van der Waals surface area contributed by atoms with Gasteiger partial charge in [0.05, 0.1) is 32.9 Å². The van der Waals surface area contributed by atoms with Crippen LogP contribution in [0.4, 0.5) is 5.69 Å². The fraction of sp³-hybridized carbons (Fsp3) is 0.176. The summed E-state index contributed by atoms with van der Waals surface area (Å²) in [6, 6.07) is 9.82. The summed E-state index contributed by atoms with van der Waals surface area (Å²) >= 11 is 23.1. The number of rotatable bonds is 6. The van der Waals surface area contributed by atoms with Crippen molar-refractivity contribution in [1.82, 2.24) is 5.32 Å². The molecule has 2 rings (SSSR count). The van der Waals surface area contributed by atoms with Gasteiger partial charge in [-0.2, -0.15) is 0 Å². The quantitative estimate of drug-likeness (QED) is 0.389. The molecule has 0 bridgehead atoms.